The van der Waals surface area contributed by atoms with E-state index in [1.54, 1.807) is 11.3 Å². The zero-order valence-corrected chi connectivity index (χ0v) is 18.4. The predicted octanol–water partition coefficient (Wildman–Crippen LogP) is 6.20. The van der Waals surface area contributed by atoms with Crippen molar-refractivity contribution in [3.05, 3.63) is 93.8 Å². The number of amides is 1. The predicted molar refractivity (Wildman–Crippen MR) is 125 cm³/mol. The minimum atomic E-state index is -0.456. The highest BCUT2D eigenvalue weighted by molar-refractivity contribution is 7.10. The van der Waals surface area contributed by atoms with Gasteiger partial charge in [0, 0.05) is 28.1 Å². The van der Waals surface area contributed by atoms with Crippen LogP contribution in [0.2, 0.25) is 0 Å². The molecule has 0 fully saturated rings. The standard InChI is InChI=1S/C26H24N2O2S/c1-26(2)15-19-23(21(29)16-26)24(22-13-8-14-31-22)28(20-12-7-6-11-18(20)27-19)25(30)17-9-4-3-5-10-17/h3-14,24,27H,15-16H2,1-2H3/t24-/m0/s1. The van der Waals surface area contributed by atoms with Crippen molar-refractivity contribution < 1.29 is 9.59 Å². The topological polar surface area (TPSA) is 49.4 Å². The number of benzene rings is 2. The van der Waals surface area contributed by atoms with Crippen LogP contribution in [0.5, 0.6) is 0 Å². The van der Waals surface area contributed by atoms with Crippen molar-refractivity contribution >= 4 is 34.4 Å². The molecule has 1 atom stereocenters. The number of carbonyl (C=O) groups excluding carboxylic acids is 2. The fourth-order valence-electron chi connectivity index (χ4n) is 4.65. The van der Waals surface area contributed by atoms with E-state index in [0.717, 1.165) is 28.4 Å². The largest absolute Gasteiger partial charge is 0.357 e. The van der Waals surface area contributed by atoms with Crippen LogP contribution >= 0.6 is 11.3 Å². The first-order valence-corrected chi connectivity index (χ1v) is 11.4. The molecule has 0 radical (unpaired) electrons. The number of Topliss-reactive ketones (excluding diaryl/α,β-unsaturated/α-hetero) is 1. The molecule has 0 bridgehead atoms. The van der Waals surface area contributed by atoms with Crippen LogP contribution in [0, 0.1) is 5.41 Å². The van der Waals surface area contributed by atoms with Gasteiger partial charge in [0.15, 0.2) is 5.78 Å². The summed E-state index contributed by atoms with van der Waals surface area (Å²) in [7, 11) is 0. The first-order valence-electron chi connectivity index (χ1n) is 10.5. The number of carbonyl (C=O) groups is 2. The molecule has 0 unspecified atom stereocenters. The highest BCUT2D eigenvalue weighted by atomic mass is 32.1. The van der Waals surface area contributed by atoms with Crippen LogP contribution in [0.3, 0.4) is 0 Å². The summed E-state index contributed by atoms with van der Waals surface area (Å²) in [5, 5.41) is 5.55. The van der Waals surface area contributed by atoms with Crippen LogP contribution in [0.4, 0.5) is 11.4 Å². The average molecular weight is 429 g/mol. The molecule has 2 aliphatic rings. The van der Waals surface area contributed by atoms with E-state index in [9.17, 15) is 9.59 Å². The molecule has 2 heterocycles. The number of hydrogen-bond donors (Lipinski definition) is 1. The summed E-state index contributed by atoms with van der Waals surface area (Å²) in [6, 6.07) is 20.7. The van der Waals surface area contributed by atoms with E-state index in [4.69, 9.17) is 0 Å². The maximum absolute atomic E-state index is 13.9. The Kier molecular flexibility index (Phi) is 4.78. The van der Waals surface area contributed by atoms with Gasteiger partial charge in [-0.2, -0.15) is 0 Å². The monoisotopic (exact) mass is 428 g/mol. The highest BCUT2D eigenvalue weighted by Crippen LogP contribution is 2.49. The van der Waals surface area contributed by atoms with Gasteiger partial charge in [0.05, 0.1) is 11.4 Å². The lowest BCUT2D eigenvalue weighted by atomic mass is 9.74. The molecule has 5 heteroatoms. The Balaban J connectivity index is 1.78. The number of nitrogens with zero attached hydrogens (tertiary/aromatic N) is 1. The maximum Gasteiger partial charge on any atom is 0.259 e. The third kappa shape index (κ3) is 3.49. The molecule has 3 aromatic rings. The van der Waals surface area contributed by atoms with Crippen LogP contribution in [0.15, 0.2) is 83.4 Å². The third-order valence-corrected chi connectivity index (χ3v) is 6.88. The van der Waals surface area contributed by atoms with E-state index in [0.29, 0.717) is 17.6 Å². The average Bonchev–Trinajstić information content (AvgIpc) is 3.23. The zero-order valence-electron chi connectivity index (χ0n) is 17.6. The van der Waals surface area contributed by atoms with Gasteiger partial charge in [-0.1, -0.05) is 50.2 Å². The van der Waals surface area contributed by atoms with E-state index in [1.807, 2.05) is 77.0 Å². The number of fused-ring (bicyclic) bond motifs is 1. The second kappa shape index (κ2) is 7.50. The number of rotatable bonds is 2. The Hall–Kier alpha value is -3.18. The summed E-state index contributed by atoms with van der Waals surface area (Å²) < 4.78 is 0. The van der Waals surface area contributed by atoms with Gasteiger partial charge in [0.1, 0.15) is 6.04 Å². The van der Waals surface area contributed by atoms with E-state index in [1.165, 1.54) is 0 Å². The fourth-order valence-corrected chi connectivity index (χ4v) is 5.47. The number of ketones is 1. The third-order valence-electron chi connectivity index (χ3n) is 5.95. The van der Waals surface area contributed by atoms with Crippen LogP contribution in [-0.4, -0.2) is 11.7 Å². The van der Waals surface area contributed by atoms with Crippen LogP contribution in [0.25, 0.3) is 0 Å². The van der Waals surface area contributed by atoms with Crippen LogP contribution in [-0.2, 0) is 4.79 Å². The Labute approximate surface area is 186 Å². The summed E-state index contributed by atoms with van der Waals surface area (Å²) in [4.78, 5) is 30.2. The lowest BCUT2D eigenvalue weighted by Gasteiger charge is -2.36. The van der Waals surface area contributed by atoms with Gasteiger partial charge in [0.2, 0.25) is 0 Å². The molecule has 5 rings (SSSR count). The Bertz CT molecular complexity index is 1180. The zero-order chi connectivity index (χ0) is 21.6. The Morgan fingerprint density at radius 3 is 2.48 bits per heavy atom. The summed E-state index contributed by atoms with van der Waals surface area (Å²) in [5.74, 6) is -0.00421. The van der Waals surface area contributed by atoms with Crippen molar-refractivity contribution in [2.45, 2.75) is 32.7 Å². The van der Waals surface area contributed by atoms with E-state index >= 15 is 0 Å². The van der Waals surface area contributed by atoms with Gasteiger partial charge in [-0.05, 0) is 47.5 Å². The second-order valence-electron chi connectivity index (χ2n) is 8.93. The first kappa shape index (κ1) is 19.8. The van der Waals surface area contributed by atoms with Gasteiger partial charge in [-0.15, -0.1) is 11.3 Å². The fraction of sp³-hybridized carbons (Fsp3) is 0.231. The number of allylic oxidation sites excluding steroid dienone is 1. The number of hydrogen-bond acceptors (Lipinski definition) is 4. The molecule has 0 spiro atoms. The van der Waals surface area contributed by atoms with Crippen molar-refractivity contribution in [1.82, 2.24) is 0 Å². The molecule has 0 saturated heterocycles. The number of para-hydroxylation sites is 2. The first-order chi connectivity index (χ1) is 14.9. The van der Waals surface area contributed by atoms with Gasteiger partial charge in [-0.3, -0.25) is 14.5 Å². The van der Waals surface area contributed by atoms with Crippen molar-refractivity contribution in [3.63, 3.8) is 0 Å². The summed E-state index contributed by atoms with van der Waals surface area (Å²) in [6.45, 7) is 4.25. The minimum Gasteiger partial charge on any atom is -0.357 e. The van der Waals surface area contributed by atoms with Crippen molar-refractivity contribution in [2.75, 3.05) is 10.2 Å². The maximum atomic E-state index is 13.9. The van der Waals surface area contributed by atoms with Crippen LogP contribution < -0.4 is 10.2 Å². The normalized spacial score (nSPS) is 19.9. The molecule has 1 N–H and O–H groups in total. The molecule has 1 aromatic heterocycles. The van der Waals surface area contributed by atoms with E-state index < -0.39 is 6.04 Å². The number of anilines is 2. The lowest BCUT2D eigenvalue weighted by molar-refractivity contribution is -0.118. The quantitative estimate of drug-likeness (QED) is 0.528. The Morgan fingerprint density at radius 2 is 1.74 bits per heavy atom. The molecule has 156 valence electrons. The molecular formula is C26H24N2O2S. The second-order valence-corrected chi connectivity index (χ2v) is 9.91. The Morgan fingerprint density at radius 1 is 1.00 bits per heavy atom. The van der Waals surface area contributed by atoms with E-state index in [-0.39, 0.29) is 17.1 Å². The molecule has 31 heavy (non-hydrogen) atoms. The van der Waals surface area contributed by atoms with Crippen molar-refractivity contribution in [2.24, 2.45) is 5.41 Å². The SMILES string of the molecule is CC1(C)CC(=O)C2=C(C1)Nc1ccccc1N(C(=O)c1ccccc1)[C@H]2c1cccs1. The minimum absolute atomic E-state index is 0.107. The van der Waals surface area contributed by atoms with Gasteiger partial charge in [-0.25, -0.2) is 0 Å². The highest BCUT2D eigenvalue weighted by Gasteiger charge is 2.43. The number of nitrogens with one attached hydrogen (secondary N) is 1. The molecule has 0 saturated carbocycles. The molecule has 1 aliphatic heterocycles. The molecular weight excluding hydrogens is 404 g/mol. The molecule has 1 aliphatic carbocycles. The number of thiophene rings is 1. The summed E-state index contributed by atoms with van der Waals surface area (Å²) in [5.41, 5.74) is 3.75. The summed E-state index contributed by atoms with van der Waals surface area (Å²) in [6.07, 6.45) is 1.23. The van der Waals surface area contributed by atoms with Crippen molar-refractivity contribution in [1.29, 1.82) is 0 Å². The summed E-state index contributed by atoms with van der Waals surface area (Å²) >= 11 is 1.58. The molecule has 4 nitrogen and oxygen atoms in total. The van der Waals surface area contributed by atoms with Gasteiger partial charge < -0.3 is 5.32 Å². The lowest BCUT2D eigenvalue weighted by Crippen LogP contribution is -2.39. The molecule has 2 aromatic carbocycles. The smallest absolute Gasteiger partial charge is 0.259 e. The van der Waals surface area contributed by atoms with Crippen LogP contribution in [0.1, 0.15) is 48.0 Å². The van der Waals surface area contributed by atoms with E-state index in [2.05, 4.69) is 19.2 Å². The van der Waals surface area contributed by atoms with Gasteiger partial charge in [0.25, 0.3) is 5.91 Å². The van der Waals surface area contributed by atoms with Gasteiger partial charge >= 0.3 is 0 Å². The molecule has 1 amide bonds. The van der Waals surface area contributed by atoms with Crippen molar-refractivity contribution in [3.8, 4) is 0 Å².